The van der Waals surface area contributed by atoms with Crippen molar-refractivity contribution in [1.29, 1.82) is 0 Å². The molecule has 1 saturated heterocycles. The quantitative estimate of drug-likeness (QED) is 0.882. The normalized spacial score (nSPS) is 24.4. The Labute approximate surface area is 119 Å². The lowest BCUT2D eigenvalue weighted by atomic mass is 10.0. The van der Waals surface area contributed by atoms with E-state index < -0.39 is 15.4 Å². The van der Waals surface area contributed by atoms with Gasteiger partial charge >= 0.3 is 0 Å². The Bertz CT molecular complexity index is 640. The number of sulfone groups is 1. The molecule has 0 bridgehead atoms. The second-order valence-electron chi connectivity index (χ2n) is 5.66. The van der Waals surface area contributed by atoms with Gasteiger partial charge in [0.05, 0.1) is 22.6 Å². The van der Waals surface area contributed by atoms with Crippen LogP contribution >= 0.6 is 0 Å². The summed E-state index contributed by atoms with van der Waals surface area (Å²) in [5.74, 6) is -0.0965. The first-order valence-corrected chi connectivity index (χ1v) is 8.38. The minimum Gasteiger partial charge on any atom is -0.387 e. The van der Waals surface area contributed by atoms with E-state index in [4.69, 9.17) is 0 Å². The van der Waals surface area contributed by atoms with Gasteiger partial charge in [-0.2, -0.15) is 0 Å². The van der Waals surface area contributed by atoms with Gasteiger partial charge in [0.25, 0.3) is 5.91 Å². The highest BCUT2D eigenvalue weighted by molar-refractivity contribution is 7.91. The summed E-state index contributed by atoms with van der Waals surface area (Å²) in [6.45, 7) is 3.70. The van der Waals surface area contributed by atoms with Crippen LogP contribution in [0.15, 0.2) is 18.2 Å². The number of anilines is 1. The number of rotatable bonds is 3. The Kier molecular flexibility index (Phi) is 3.77. The molecule has 1 unspecified atom stereocenters. The molecule has 1 heterocycles. The highest BCUT2D eigenvalue weighted by Gasteiger charge is 2.39. The second-order valence-corrected chi connectivity index (χ2v) is 7.84. The van der Waals surface area contributed by atoms with Gasteiger partial charge in [-0.15, -0.1) is 0 Å². The van der Waals surface area contributed by atoms with Crippen LogP contribution < -0.4 is 10.6 Å². The van der Waals surface area contributed by atoms with E-state index in [0.717, 1.165) is 11.3 Å². The fourth-order valence-electron chi connectivity index (χ4n) is 2.51. The molecular formula is C14H20N2O3S. The maximum Gasteiger partial charge on any atom is 0.253 e. The molecule has 20 heavy (non-hydrogen) atoms. The van der Waals surface area contributed by atoms with E-state index in [0.29, 0.717) is 12.0 Å². The van der Waals surface area contributed by atoms with Gasteiger partial charge in [-0.25, -0.2) is 8.42 Å². The Balaban J connectivity index is 2.23. The van der Waals surface area contributed by atoms with E-state index >= 15 is 0 Å². The Hall–Kier alpha value is -1.56. The number of amides is 1. The van der Waals surface area contributed by atoms with Crippen LogP contribution in [0, 0.1) is 6.92 Å². The van der Waals surface area contributed by atoms with Crippen molar-refractivity contribution in [2.45, 2.75) is 25.8 Å². The van der Waals surface area contributed by atoms with Gasteiger partial charge in [0.15, 0.2) is 9.84 Å². The number of aryl methyl sites for hydroxylation is 1. The number of carbonyl (C=O) groups is 1. The van der Waals surface area contributed by atoms with Gasteiger partial charge in [-0.05, 0) is 32.4 Å². The summed E-state index contributed by atoms with van der Waals surface area (Å²) in [5.41, 5.74) is 1.58. The third kappa shape index (κ3) is 3.12. The van der Waals surface area contributed by atoms with E-state index in [2.05, 4.69) is 10.6 Å². The van der Waals surface area contributed by atoms with E-state index in [1.54, 1.807) is 20.0 Å². The van der Waals surface area contributed by atoms with Crippen LogP contribution in [0.1, 0.15) is 29.3 Å². The molecule has 1 atom stereocenters. The van der Waals surface area contributed by atoms with Gasteiger partial charge in [-0.3, -0.25) is 4.79 Å². The van der Waals surface area contributed by atoms with Crippen LogP contribution in [0.5, 0.6) is 0 Å². The molecule has 1 aromatic rings. The standard InChI is InChI=1S/C14H20N2O3S/c1-10-4-5-12(15-3)11(8-10)13(17)16-14(2)6-7-20(18,19)9-14/h4-5,8,15H,6-7,9H2,1-3H3,(H,16,17). The van der Waals surface area contributed by atoms with Gasteiger partial charge < -0.3 is 10.6 Å². The Morgan fingerprint density at radius 2 is 2.05 bits per heavy atom. The maximum atomic E-state index is 12.4. The number of carbonyl (C=O) groups excluding carboxylic acids is 1. The van der Waals surface area contributed by atoms with Crippen molar-refractivity contribution in [3.8, 4) is 0 Å². The monoisotopic (exact) mass is 296 g/mol. The van der Waals surface area contributed by atoms with Crippen molar-refractivity contribution in [3.63, 3.8) is 0 Å². The average molecular weight is 296 g/mol. The highest BCUT2D eigenvalue weighted by Crippen LogP contribution is 2.24. The molecule has 0 radical (unpaired) electrons. The van der Waals surface area contributed by atoms with Crippen molar-refractivity contribution < 1.29 is 13.2 Å². The topological polar surface area (TPSA) is 75.3 Å². The number of hydrogen-bond donors (Lipinski definition) is 2. The molecule has 2 rings (SSSR count). The molecule has 0 saturated carbocycles. The maximum absolute atomic E-state index is 12.4. The lowest BCUT2D eigenvalue weighted by Gasteiger charge is -2.24. The summed E-state index contributed by atoms with van der Waals surface area (Å²) in [7, 11) is -1.28. The van der Waals surface area contributed by atoms with E-state index in [-0.39, 0.29) is 17.4 Å². The van der Waals surface area contributed by atoms with Crippen LogP contribution in [0.4, 0.5) is 5.69 Å². The third-order valence-corrected chi connectivity index (χ3v) is 5.51. The first-order chi connectivity index (χ1) is 9.25. The van der Waals surface area contributed by atoms with Crippen LogP contribution in [0.25, 0.3) is 0 Å². The van der Waals surface area contributed by atoms with E-state index in [1.807, 2.05) is 19.1 Å². The molecule has 0 spiro atoms. The summed E-state index contributed by atoms with van der Waals surface area (Å²) in [5, 5.41) is 5.85. The van der Waals surface area contributed by atoms with Crippen LogP contribution in [0.2, 0.25) is 0 Å². The zero-order chi connectivity index (χ0) is 15.0. The van der Waals surface area contributed by atoms with Crippen LogP contribution in [0.3, 0.4) is 0 Å². The van der Waals surface area contributed by atoms with Crippen molar-refractivity contribution in [3.05, 3.63) is 29.3 Å². The second kappa shape index (κ2) is 5.09. The van der Waals surface area contributed by atoms with Gasteiger partial charge in [-0.1, -0.05) is 11.6 Å². The molecule has 1 aliphatic rings. The molecule has 1 fully saturated rings. The summed E-state index contributed by atoms with van der Waals surface area (Å²) in [6, 6.07) is 5.57. The van der Waals surface area contributed by atoms with Gasteiger partial charge in [0, 0.05) is 12.7 Å². The molecule has 0 aromatic heterocycles. The zero-order valence-corrected chi connectivity index (χ0v) is 12.8. The van der Waals surface area contributed by atoms with Crippen LogP contribution in [-0.2, 0) is 9.84 Å². The molecule has 1 aromatic carbocycles. The molecule has 110 valence electrons. The molecule has 1 aliphatic heterocycles. The average Bonchev–Trinajstić information content (AvgIpc) is 2.63. The third-order valence-electron chi connectivity index (χ3n) is 3.61. The lowest BCUT2D eigenvalue weighted by molar-refractivity contribution is 0.0916. The van der Waals surface area contributed by atoms with E-state index in [9.17, 15) is 13.2 Å². The smallest absolute Gasteiger partial charge is 0.253 e. The lowest BCUT2D eigenvalue weighted by Crippen LogP contribution is -2.47. The molecule has 5 nitrogen and oxygen atoms in total. The molecular weight excluding hydrogens is 276 g/mol. The summed E-state index contributed by atoms with van der Waals surface area (Å²) >= 11 is 0. The van der Waals surface area contributed by atoms with Gasteiger partial charge in [0.2, 0.25) is 0 Å². The minimum atomic E-state index is -3.04. The first-order valence-electron chi connectivity index (χ1n) is 6.56. The Morgan fingerprint density at radius 1 is 1.35 bits per heavy atom. The number of nitrogens with one attached hydrogen (secondary N) is 2. The SMILES string of the molecule is CNc1ccc(C)cc1C(=O)NC1(C)CCS(=O)(=O)C1. The molecule has 1 amide bonds. The van der Waals surface area contributed by atoms with Crippen molar-refractivity contribution in [2.75, 3.05) is 23.9 Å². The number of benzene rings is 1. The fraction of sp³-hybridized carbons (Fsp3) is 0.500. The summed E-state index contributed by atoms with van der Waals surface area (Å²) in [4.78, 5) is 12.4. The number of hydrogen-bond acceptors (Lipinski definition) is 4. The van der Waals surface area contributed by atoms with Gasteiger partial charge in [0.1, 0.15) is 0 Å². The molecule has 0 aliphatic carbocycles. The minimum absolute atomic E-state index is 0.00639. The molecule has 2 N–H and O–H groups in total. The predicted octanol–water partition coefficient (Wildman–Crippen LogP) is 1.34. The summed E-state index contributed by atoms with van der Waals surface area (Å²) < 4.78 is 23.2. The summed E-state index contributed by atoms with van der Waals surface area (Å²) in [6.07, 6.45) is 0.460. The molecule has 6 heteroatoms. The Morgan fingerprint density at radius 3 is 2.60 bits per heavy atom. The van der Waals surface area contributed by atoms with Crippen molar-refractivity contribution >= 4 is 21.4 Å². The van der Waals surface area contributed by atoms with Crippen LogP contribution in [-0.4, -0.2) is 38.4 Å². The fourth-order valence-corrected chi connectivity index (χ4v) is 4.61. The van der Waals surface area contributed by atoms with E-state index in [1.165, 1.54) is 0 Å². The predicted molar refractivity (Wildman–Crippen MR) is 79.9 cm³/mol. The largest absolute Gasteiger partial charge is 0.387 e. The van der Waals surface area contributed by atoms with Crippen molar-refractivity contribution in [2.24, 2.45) is 0 Å². The first kappa shape index (κ1) is 14.8. The highest BCUT2D eigenvalue weighted by atomic mass is 32.2. The van der Waals surface area contributed by atoms with Crippen molar-refractivity contribution in [1.82, 2.24) is 5.32 Å². The zero-order valence-electron chi connectivity index (χ0n) is 12.0.